The van der Waals surface area contributed by atoms with Crippen molar-refractivity contribution >= 4 is 40.7 Å². The van der Waals surface area contributed by atoms with E-state index in [1.807, 2.05) is 110 Å². The van der Waals surface area contributed by atoms with Crippen LogP contribution >= 0.6 is 18.9 Å². The molecule has 0 fully saturated rings. The van der Waals surface area contributed by atoms with E-state index < -0.39 is 17.5 Å². The average molecular weight is 581 g/mol. The Balaban J connectivity index is 0.000000771. The molecule has 7 nitrogen and oxygen atoms in total. The summed E-state index contributed by atoms with van der Waals surface area (Å²) in [6, 6.07) is 39.3. The van der Waals surface area contributed by atoms with Crippen molar-refractivity contribution in [2.75, 3.05) is 0 Å². The number of rotatable bonds is 6. The highest BCUT2D eigenvalue weighted by atomic mass is 35.7. The lowest BCUT2D eigenvalue weighted by molar-refractivity contribution is -2.00. The van der Waals surface area contributed by atoms with Crippen molar-refractivity contribution in [2.24, 2.45) is 0 Å². The van der Waals surface area contributed by atoms with E-state index in [2.05, 4.69) is 11.4 Å². The summed E-state index contributed by atoms with van der Waals surface area (Å²) in [5, 5.41) is 15.9. The Morgan fingerprint density at radius 3 is 1.44 bits per heavy atom. The van der Waals surface area contributed by atoms with E-state index in [1.54, 1.807) is 12.1 Å². The van der Waals surface area contributed by atoms with E-state index in [9.17, 15) is 10.1 Å². The van der Waals surface area contributed by atoms with Gasteiger partial charge < -0.3 is 5.32 Å². The molecule has 0 aliphatic carbocycles. The second kappa shape index (κ2) is 13.5. The zero-order valence-electron chi connectivity index (χ0n) is 20.7. The molecule has 10 heteroatoms. The maximum atomic E-state index is 13.0. The number of carbonyl (C=O) groups excluding carboxylic acids is 1. The number of nitrogens with zero attached hydrogens (tertiary/aromatic N) is 1. The Bertz CT molecular complexity index is 1350. The Morgan fingerprint density at radius 1 is 0.744 bits per heavy atom. The van der Waals surface area contributed by atoms with Crippen molar-refractivity contribution < 1.29 is 33.7 Å². The lowest BCUT2D eigenvalue weighted by atomic mass is 10.1. The highest BCUT2D eigenvalue weighted by Gasteiger charge is 2.51. The van der Waals surface area contributed by atoms with Crippen LogP contribution in [0.25, 0.3) is 0 Å². The summed E-state index contributed by atoms with van der Waals surface area (Å²) < 4.78 is 34.3. The van der Waals surface area contributed by atoms with Crippen LogP contribution in [0.3, 0.4) is 0 Å². The van der Waals surface area contributed by atoms with E-state index in [1.165, 1.54) is 0 Å². The minimum absolute atomic E-state index is 0.0529. The Kier molecular flexibility index (Phi) is 10.4. The molecule has 0 aliphatic heterocycles. The predicted octanol–water partition coefficient (Wildman–Crippen LogP) is 0.894. The highest BCUT2D eigenvalue weighted by Crippen LogP contribution is 2.64. The minimum atomic E-state index is -4.94. The number of carbonyl (C=O) groups is 1. The third-order valence-corrected chi connectivity index (χ3v) is 10.6. The van der Waals surface area contributed by atoms with E-state index >= 15 is 0 Å². The second-order valence-electron chi connectivity index (χ2n) is 8.15. The van der Waals surface area contributed by atoms with Crippen LogP contribution in [0.2, 0.25) is 0 Å². The molecule has 198 valence electrons. The fourth-order valence-electron chi connectivity index (χ4n) is 3.93. The van der Waals surface area contributed by atoms with Gasteiger partial charge in [0.05, 0.1) is 0 Å². The van der Waals surface area contributed by atoms with Gasteiger partial charge in [0.2, 0.25) is 4.77 Å². The SMILES string of the molecule is Cc1ccc(C(=O)N/C(C#N)=C(\Cl)[P+](c2ccccc2)(c2ccccc2)c2ccccc2)cc1.[O-][Cl+3]([O-])([O-])[O-]. The summed E-state index contributed by atoms with van der Waals surface area (Å²) in [5.41, 5.74) is 1.57. The number of aryl methyl sites for hydroxylation is 1. The van der Waals surface area contributed by atoms with Crippen molar-refractivity contribution in [3.63, 3.8) is 0 Å². The summed E-state index contributed by atoms with van der Waals surface area (Å²) in [4.78, 5) is 13.0. The molecule has 0 bridgehead atoms. The monoisotopic (exact) mass is 580 g/mol. The normalized spacial score (nSPS) is 11.8. The van der Waals surface area contributed by atoms with Gasteiger partial charge in [-0.3, -0.25) is 4.79 Å². The predicted molar refractivity (Wildman–Crippen MR) is 142 cm³/mol. The van der Waals surface area contributed by atoms with Gasteiger partial charge in [0.25, 0.3) is 5.91 Å². The Morgan fingerprint density at radius 2 is 1.10 bits per heavy atom. The molecule has 0 radical (unpaired) electrons. The molecule has 4 rings (SSSR count). The number of nitriles is 1. The van der Waals surface area contributed by atoms with Gasteiger partial charge in [-0.05, 0) is 67.1 Å². The second-order valence-corrected chi connectivity index (χ2v) is 12.9. The van der Waals surface area contributed by atoms with Crippen LogP contribution < -0.4 is 39.9 Å². The largest absolute Gasteiger partial charge is 0.309 e. The quantitative estimate of drug-likeness (QED) is 0.265. The van der Waals surface area contributed by atoms with Crippen LogP contribution in [0, 0.1) is 28.5 Å². The number of hydrogen-bond acceptors (Lipinski definition) is 6. The smallest absolute Gasteiger partial charge is 0.256 e. The molecule has 4 aromatic carbocycles. The standard InChI is InChI=1S/C29H22ClN2OP.ClHO4/c1-22-17-19-23(20-18-22)29(33)32-27(21-31)28(30)34(24-11-5-2-6-12-24,25-13-7-3-8-14-25)26-15-9-4-10-16-26;2-1(3,4)5/h2-20H,1H3;(H,2,3,4,5)/b28-27+;. The minimum Gasteiger partial charge on any atom is -0.309 e. The Hall–Kier alpha value is -3.57. The zero-order chi connectivity index (χ0) is 28.5. The van der Waals surface area contributed by atoms with E-state index in [0.29, 0.717) is 10.3 Å². The fraction of sp³-hybridized carbons (Fsp3) is 0.0345. The summed E-state index contributed by atoms with van der Waals surface area (Å²) in [7, 11) is -7.61. The molecule has 39 heavy (non-hydrogen) atoms. The molecule has 0 saturated carbocycles. The van der Waals surface area contributed by atoms with Crippen LogP contribution in [0.4, 0.5) is 0 Å². The molecular weight excluding hydrogens is 558 g/mol. The number of amides is 1. The molecule has 0 aromatic heterocycles. The summed E-state index contributed by atoms with van der Waals surface area (Å²) >= 11 is 7.22. The van der Waals surface area contributed by atoms with Gasteiger partial charge >= 0.3 is 0 Å². The highest BCUT2D eigenvalue weighted by molar-refractivity contribution is 8.00. The van der Waals surface area contributed by atoms with Gasteiger partial charge in [0, 0.05) is 5.56 Å². The van der Waals surface area contributed by atoms with Gasteiger partial charge in [-0.2, -0.15) is 5.26 Å². The van der Waals surface area contributed by atoms with Crippen LogP contribution in [0.15, 0.2) is 126 Å². The zero-order valence-corrected chi connectivity index (χ0v) is 23.1. The topological polar surface area (TPSA) is 145 Å². The third kappa shape index (κ3) is 7.73. The summed E-state index contributed by atoms with van der Waals surface area (Å²) in [6.07, 6.45) is 0. The molecule has 0 spiro atoms. The number of nitrogens with one attached hydrogen (secondary N) is 1. The van der Waals surface area contributed by atoms with Gasteiger partial charge in [-0.15, -0.1) is 10.2 Å². The van der Waals surface area contributed by atoms with Crippen LogP contribution in [0.1, 0.15) is 15.9 Å². The molecule has 0 heterocycles. The van der Waals surface area contributed by atoms with Crippen molar-refractivity contribution in [3.05, 3.63) is 137 Å². The maximum absolute atomic E-state index is 13.0. The average Bonchev–Trinajstić information content (AvgIpc) is 2.93. The number of benzene rings is 4. The molecule has 0 saturated heterocycles. The molecule has 0 atom stereocenters. The van der Waals surface area contributed by atoms with Crippen molar-refractivity contribution in [1.29, 1.82) is 5.26 Å². The third-order valence-electron chi connectivity index (χ3n) is 5.60. The molecule has 1 N–H and O–H groups in total. The van der Waals surface area contributed by atoms with Crippen LogP contribution in [-0.2, 0) is 0 Å². The van der Waals surface area contributed by atoms with Gasteiger partial charge in [-0.1, -0.05) is 72.3 Å². The summed E-state index contributed by atoms with van der Waals surface area (Å²) in [5.74, 6) is -0.373. The molecule has 1 amide bonds. The van der Waals surface area contributed by atoms with Crippen LogP contribution in [-0.4, -0.2) is 5.91 Å². The first-order chi connectivity index (χ1) is 18.6. The van der Waals surface area contributed by atoms with Gasteiger partial charge in [0.15, 0.2) is 13.0 Å². The van der Waals surface area contributed by atoms with E-state index in [-0.39, 0.29) is 11.6 Å². The van der Waals surface area contributed by atoms with Crippen molar-refractivity contribution in [3.8, 4) is 6.07 Å². The van der Waals surface area contributed by atoms with Crippen LogP contribution in [0.5, 0.6) is 0 Å². The van der Waals surface area contributed by atoms with Crippen molar-refractivity contribution in [2.45, 2.75) is 6.92 Å². The first-order valence-electron chi connectivity index (χ1n) is 11.4. The van der Waals surface area contributed by atoms with E-state index in [4.69, 9.17) is 30.2 Å². The molecular formula is C29H23Cl2N2O5P. The Labute approximate surface area is 234 Å². The van der Waals surface area contributed by atoms with Gasteiger partial charge in [0.1, 0.15) is 22.0 Å². The fourth-order valence-corrected chi connectivity index (χ4v) is 8.77. The first-order valence-corrected chi connectivity index (χ1v) is 14.8. The van der Waals surface area contributed by atoms with Gasteiger partial charge in [-0.25, -0.2) is 18.6 Å². The number of hydrogen-bond donors (Lipinski definition) is 1. The number of halogens is 2. The maximum Gasteiger partial charge on any atom is 0.256 e. The van der Waals surface area contributed by atoms with E-state index in [0.717, 1.165) is 21.5 Å². The molecule has 0 unspecified atom stereocenters. The lowest BCUT2D eigenvalue weighted by Crippen LogP contribution is -2.68. The molecule has 0 aliphatic rings. The summed E-state index contributed by atoms with van der Waals surface area (Å²) in [6.45, 7) is 1.96. The number of allylic oxidation sites excluding steroid dienone is 1. The first kappa shape index (κ1) is 30.0. The molecule has 4 aromatic rings. The van der Waals surface area contributed by atoms with Crippen molar-refractivity contribution in [1.82, 2.24) is 5.32 Å². The lowest BCUT2D eigenvalue weighted by Gasteiger charge is -2.27.